The molecular weight excluding hydrogens is 364 g/mol. The van der Waals surface area contributed by atoms with Crippen LogP contribution in [0.2, 0.25) is 5.02 Å². The summed E-state index contributed by atoms with van der Waals surface area (Å²) in [6, 6.07) is 11.4. The van der Waals surface area contributed by atoms with Crippen molar-refractivity contribution in [1.82, 2.24) is 5.32 Å². The van der Waals surface area contributed by atoms with Crippen LogP contribution < -0.4 is 15.4 Å². The Kier molecular flexibility index (Phi) is 6.32. The third-order valence-corrected chi connectivity index (χ3v) is 3.71. The molecule has 25 heavy (non-hydrogen) atoms. The molecule has 2 rings (SSSR count). The second-order valence-electron chi connectivity index (χ2n) is 5.03. The lowest BCUT2D eigenvalue weighted by molar-refractivity contribution is -0.136. The number of carboxylic acid groups (broad SMARTS) is 1. The Balaban J connectivity index is 1.96. The van der Waals surface area contributed by atoms with Gasteiger partial charge < -0.3 is 15.2 Å². The fraction of sp³-hybridized carbons (Fsp3) is 0.118. The van der Waals surface area contributed by atoms with Crippen molar-refractivity contribution in [1.29, 1.82) is 0 Å². The first-order valence-electron chi connectivity index (χ1n) is 7.15. The highest BCUT2D eigenvalue weighted by Crippen LogP contribution is 2.24. The van der Waals surface area contributed by atoms with E-state index >= 15 is 0 Å². The predicted molar refractivity (Wildman–Crippen MR) is 99.5 cm³/mol. The fourth-order valence-electron chi connectivity index (χ4n) is 2.03. The molecule has 2 aromatic carbocycles. The molecule has 1 amide bonds. The number of anilines is 1. The van der Waals surface area contributed by atoms with Crippen LogP contribution in [0, 0.1) is 0 Å². The van der Waals surface area contributed by atoms with E-state index in [4.69, 9.17) is 33.7 Å². The van der Waals surface area contributed by atoms with Crippen molar-refractivity contribution in [3.05, 3.63) is 58.6 Å². The zero-order chi connectivity index (χ0) is 18.4. The number of ether oxygens (including phenoxy) is 1. The second kappa shape index (κ2) is 8.46. The molecule has 0 saturated heterocycles. The van der Waals surface area contributed by atoms with Crippen LogP contribution in [0.15, 0.2) is 42.5 Å². The van der Waals surface area contributed by atoms with Crippen LogP contribution in [-0.2, 0) is 11.2 Å². The van der Waals surface area contributed by atoms with E-state index in [1.54, 1.807) is 36.4 Å². The first kappa shape index (κ1) is 18.7. The maximum atomic E-state index is 12.2. The molecule has 0 aliphatic heterocycles. The van der Waals surface area contributed by atoms with Crippen LogP contribution in [0.1, 0.15) is 15.9 Å². The first-order valence-corrected chi connectivity index (χ1v) is 7.94. The minimum atomic E-state index is -0.901. The Hall–Kier alpha value is -2.64. The molecule has 0 radical (unpaired) electrons. The Morgan fingerprint density at radius 2 is 1.88 bits per heavy atom. The van der Waals surface area contributed by atoms with Gasteiger partial charge in [-0.2, -0.15) is 0 Å². The van der Waals surface area contributed by atoms with Crippen molar-refractivity contribution in [3.63, 3.8) is 0 Å². The van der Waals surface area contributed by atoms with Crippen LogP contribution in [-0.4, -0.2) is 29.2 Å². The number of benzene rings is 2. The number of carbonyl (C=O) groups is 2. The summed E-state index contributed by atoms with van der Waals surface area (Å²) in [6.07, 6.45) is -0.0559. The van der Waals surface area contributed by atoms with E-state index in [0.717, 1.165) is 0 Å². The Labute approximate surface area is 154 Å². The molecule has 0 unspecified atom stereocenters. The van der Waals surface area contributed by atoms with Crippen molar-refractivity contribution in [3.8, 4) is 5.75 Å². The van der Waals surface area contributed by atoms with E-state index in [0.29, 0.717) is 27.6 Å². The number of carboxylic acids is 1. The Bertz CT molecular complexity index is 809. The van der Waals surface area contributed by atoms with Gasteiger partial charge in [0, 0.05) is 11.3 Å². The van der Waals surface area contributed by atoms with Crippen molar-refractivity contribution in [2.24, 2.45) is 0 Å². The SMILES string of the molecule is COc1ccc(C(=O)NC(=S)Nc2ccc(CC(=O)O)cc2)cc1Cl. The van der Waals surface area contributed by atoms with E-state index in [9.17, 15) is 9.59 Å². The zero-order valence-corrected chi connectivity index (χ0v) is 14.8. The van der Waals surface area contributed by atoms with Gasteiger partial charge in [0.25, 0.3) is 5.91 Å². The zero-order valence-electron chi connectivity index (χ0n) is 13.2. The lowest BCUT2D eigenvalue weighted by Gasteiger charge is -2.11. The molecule has 0 heterocycles. The molecule has 8 heteroatoms. The minimum absolute atomic E-state index is 0.0559. The van der Waals surface area contributed by atoms with E-state index < -0.39 is 11.9 Å². The van der Waals surface area contributed by atoms with Crippen molar-refractivity contribution in [2.75, 3.05) is 12.4 Å². The van der Waals surface area contributed by atoms with Gasteiger partial charge in [0.1, 0.15) is 5.75 Å². The number of hydrogen-bond donors (Lipinski definition) is 3. The largest absolute Gasteiger partial charge is 0.495 e. The number of amides is 1. The summed E-state index contributed by atoms with van der Waals surface area (Å²) in [5.74, 6) is -0.841. The molecule has 0 spiro atoms. The molecule has 0 bridgehead atoms. The van der Waals surface area contributed by atoms with E-state index in [1.165, 1.54) is 13.2 Å². The molecule has 0 saturated carbocycles. The number of thiocarbonyl (C=S) groups is 1. The van der Waals surface area contributed by atoms with Gasteiger partial charge in [0.05, 0.1) is 18.6 Å². The highest BCUT2D eigenvalue weighted by Gasteiger charge is 2.11. The van der Waals surface area contributed by atoms with Crippen molar-refractivity contribution >= 4 is 46.5 Å². The maximum absolute atomic E-state index is 12.2. The molecule has 130 valence electrons. The Morgan fingerprint density at radius 3 is 2.44 bits per heavy atom. The average molecular weight is 379 g/mol. The van der Waals surface area contributed by atoms with Gasteiger partial charge in [-0.3, -0.25) is 14.9 Å². The van der Waals surface area contributed by atoms with Gasteiger partial charge >= 0.3 is 5.97 Å². The summed E-state index contributed by atoms with van der Waals surface area (Å²) < 4.78 is 5.03. The van der Waals surface area contributed by atoms with Gasteiger partial charge in [-0.15, -0.1) is 0 Å². The monoisotopic (exact) mass is 378 g/mol. The van der Waals surface area contributed by atoms with Crippen molar-refractivity contribution in [2.45, 2.75) is 6.42 Å². The van der Waals surface area contributed by atoms with Crippen LogP contribution in [0.5, 0.6) is 5.75 Å². The molecule has 0 atom stereocenters. The number of carbonyl (C=O) groups excluding carboxylic acids is 1. The number of nitrogens with one attached hydrogen (secondary N) is 2. The number of hydrogen-bond acceptors (Lipinski definition) is 4. The van der Waals surface area contributed by atoms with Gasteiger partial charge in [-0.1, -0.05) is 23.7 Å². The topological polar surface area (TPSA) is 87.7 Å². The fourth-order valence-corrected chi connectivity index (χ4v) is 2.49. The van der Waals surface area contributed by atoms with Crippen LogP contribution in [0.3, 0.4) is 0 Å². The average Bonchev–Trinajstić information content (AvgIpc) is 2.56. The van der Waals surface area contributed by atoms with Crippen LogP contribution in [0.25, 0.3) is 0 Å². The number of halogens is 1. The van der Waals surface area contributed by atoms with E-state index in [1.807, 2.05) is 0 Å². The summed E-state index contributed by atoms with van der Waals surface area (Å²) in [5.41, 5.74) is 1.64. The maximum Gasteiger partial charge on any atom is 0.307 e. The van der Waals surface area contributed by atoms with Gasteiger partial charge in [0.15, 0.2) is 5.11 Å². The predicted octanol–water partition coefficient (Wildman–Crippen LogP) is 3.10. The molecule has 0 aliphatic rings. The number of aliphatic carboxylic acids is 1. The summed E-state index contributed by atoms with van der Waals surface area (Å²) in [7, 11) is 1.49. The third-order valence-electron chi connectivity index (χ3n) is 3.21. The first-order chi connectivity index (χ1) is 11.9. The summed E-state index contributed by atoms with van der Waals surface area (Å²) in [4.78, 5) is 22.8. The van der Waals surface area contributed by atoms with Gasteiger partial charge in [-0.05, 0) is 48.1 Å². The minimum Gasteiger partial charge on any atom is -0.495 e. The quantitative estimate of drug-likeness (QED) is 0.693. The molecule has 0 aliphatic carbocycles. The van der Waals surface area contributed by atoms with Crippen LogP contribution >= 0.6 is 23.8 Å². The van der Waals surface area contributed by atoms with Gasteiger partial charge in [0.2, 0.25) is 0 Å². The smallest absolute Gasteiger partial charge is 0.307 e. The molecular formula is C17H15ClN2O4S. The van der Waals surface area contributed by atoms with Crippen LogP contribution in [0.4, 0.5) is 5.69 Å². The van der Waals surface area contributed by atoms with Gasteiger partial charge in [-0.25, -0.2) is 0 Å². The second-order valence-corrected chi connectivity index (χ2v) is 5.84. The summed E-state index contributed by atoms with van der Waals surface area (Å²) >= 11 is 11.1. The van der Waals surface area contributed by atoms with E-state index in [2.05, 4.69) is 10.6 Å². The number of methoxy groups -OCH3 is 1. The lowest BCUT2D eigenvalue weighted by atomic mass is 10.1. The third kappa shape index (κ3) is 5.44. The highest BCUT2D eigenvalue weighted by atomic mass is 35.5. The highest BCUT2D eigenvalue weighted by molar-refractivity contribution is 7.80. The Morgan fingerprint density at radius 1 is 1.20 bits per heavy atom. The van der Waals surface area contributed by atoms with E-state index in [-0.39, 0.29) is 11.5 Å². The normalized spacial score (nSPS) is 10.0. The molecule has 2 aromatic rings. The van der Waals surface area contributed by atoms with Crippen molar-refractivity contribution < 1.29 is 19.4 Å². The summed E-state index contributed by atoms with van der Waals surface area (Å²) in [6.45, 7) is 0. The molecule has 0 aromatic heterocycles. The molecule has 3 N–H and O–H groups in total. The molecule has 0 fully saturated rings. The molecule has 6 nitrogen and oxygen atoms in total. The standard InChI is InChI=1S/C17H15ClN2O4S/c1-24-14-7-4-11(9-13(14)18)16(23)20-17(25)19-12-5-2-10(3-6-12)8-15(21)22/h2-7,9H,8H2,1H3,(H,21,22)(H2,19,20,23,25). The lowest BCUT2D eigenvalue weighted by Crippen LogP contribution is -2.34. The summed E-state index contributed by atoms with van der Waals surface area (Å²) in [5, 5.41) is 14.6. The number of rotatable bonds is 5.